The Morgan fingerprint density at radius 3 is 2.14 bits per heavy atom. The van der Waals surface area contributed by atoms with Crippen LogP contribution in [0.25, 0.3) is 11.1 Å². The molecule has 0 fully saturated rings. The van der Waals surface area contributed by atoms with E-state index in [0.717, 1.165) is 12.1 Å². The average Bonchev–Trinajstić information content (AvgIpc) is 3.18. The number of benzene rings is 3. The molecular weight excluding hydrogens is 442 g/mol. The largest absolute Gasteiger partial charge is 0.318 e. The van der Waals surface area contributed by atoms with E-state index in [1.807, 2.05) is 19.1 Å². The van der Waals surface area contributed by atoms with Gasteiger partial charge in [0.05, 0.1) is 0 Å². The Kier molecular flexibility index (Phi) is 8.80. The van der Waals surface area contributed by atoms with Gasteiger partial charge < -0.3 is 4.90 Å². The highest BCUT2D eigenvalue weighted by Gasteiger charge is 2.13. The zero-order valence-corrected chi connectivity index (χ0v) is 21.2. The molecule has 0 unspecified atom stereocenters. The van der Waals surface area contributed by atoms with Crippen LogP contribution in [0.2, 0.25) is 0 Å². The highest BCUT2D eigenvalue weighted by atomic mass is 32.2. The Labute approximate surface area is 214 Å². The molecular formula is C33H31NS. The lowest BCUT2D eigenvalue weighted by atomic mass is 10.0. The van der Waals surface area contributed by atoms with Crippen LogP contribution in [0.3, 0.4) is 0 Å². The fourth-order valence-electron chi connectivity index (χ4n) is 3.92. The van der Waals surface area contributed by atoms with Crippen LogP contribution in [-0.4, -0.2) is 0 Å². The smallest absolute Gasteiger partial charge is 0.0455 e. The van der Waals surface area contributed by atoms with Gasteiger partial charge in [-0.25, -0.2) is 0 Å². The van der Waals surface area contributed by atoms with Crippen molar-refractivity contribution in [1.29, 1.82) is 0 Å². The van der Waals surface area contributed by atoms with Crippen LogP contribution in [0, 0.1) is 0 Å². The van der Waals surface area contributed by atoms with Crippen LogP contribution in [0.1, 0.15) is 20.3 Å². The molecule has 0 heterocycles. The third kappa shape index (κ3) is 6.88. The van der Waals surface area contributed by atoms with Crippen molar-refractivity contribution in [2.24, 2.45) is 0 Å². The lowest BCUT2D eigenvalue weighted by Crippen LogP contribution is -2.20. The Morgan fingerprint density at radius 1 is 0.743 bits per heavy atom. The molecule has 1 aliphatic rings. The van der Waals surface area contributed by atoms with Crippen LogP contribution in [0.4, 0.5) is 5.69 Å². The number of hydrogen-bond acceptors (Lipinski definition) is 2. The first-order valence-electron chi connectivity index (χ1n) is 12.0. The van der Waals surface area contributed by atoms with Crippen molar-refractivity contribution in [3.8, 4) is 11.1 Å². The maximum Gasteiger partial charge on any atom is 0.0455 e. The van der Waals surface area contributed by atoms with Gasteiger partial charge in [0.2, 0.25) is 0 Å². The molecule has 0 saturated carbocycles. The van der Waals surface area contributed by atoms with Crippen LogP contribution in [0.15, 0.2) is 161 Å². The number of allylic oxidation sites excluding steroid dienone is 11. The van der Waals surface area contributed by atoms with Crippen molar-refractivity contribution < 1.29 is 0 Å². The molecule has 0 saturated heterocycles. The summed E-state index contributed by atoms with van der Waals surface area (Å²) < 4.78 is 0. The third-order valence-corrected chi connectivity index (χ3v) is 6.67. The maximum atomic E-state index is 2.34. The van der Waals surface area contributed by atoms with Crippen molar-refractivity contribution in [3.05, 3.63) is 151 Å². The summed E-state index contributed by atoms with van der Waals surface area (Å²) in [6, 6.07) is 28.2. The molecule has 2 heteroatoms. The topological polar surface area (TPSA) is 3.24 Å². The third-order valence-electron chi connectivity index (χ3n) is 5.66. The minimum absolute atomic E-state index is 0.888. The molecule has 174 valence electrons. The second kappa shape index (κ2) is 12.6. The maximum absolute atomic E-state index is 2.34. The number of anilines is 1. The fraction of sp³-hybridized carbons (Fsp3) is 0.0909. The van der Waals surface area contributed by atoms with E-state index in [1.54, 1.807) is 11.8 Å². The molecule has 0 aliphatic heterocycles. The van der Waals surface area contributed by atoms with Crippen molar-refractivity contribution in [3.63, 3.8) is 0 Å². The highest BCUT2D eigenvalue weighted by molar-refractivity contribution is 7.99. The summed E-state index contributed by atoms with van der Waals surface area (Å²) >= 11 is 1.79. The number of nitrogens with zero attached hydrogens (tertiary/aromatic N) is 1. The molecule has 1 nitrogen and oxygen atoms in total. The summed E-state index contributed by atoms with van der Waals surface area (Å²) in [5.41, 5.74) is 6.03. The predicted octanol–water partition coefficient (Wildman–Crippen LogP) is 9.75. The van der Waals surface area contributed by atoms with Gasteiger partial charge in [-0.15, -0.1) is 0 Å². The first-order chi connectivity index (χ1) is 17.2. The van der Waals surface area contributed by atoms with E-state index in [4.69, 9.17) is 0 Å². The standard InChI is InChI=1S/C33H31NS/c1-3-4-5-9-14-27(2)34(30-15-10-6-7-11-16-30)31-23-19-28(20-24-31)29-21-25-33(26-22-29)35-32-17-12-8-13-18-32/h3-15,17-26H,16H2,1-2H3/b4-3-,9-5-,27-14+. The van der Waals surface area contributed by atoms with E-state index in [9.17, 15) is 0 Å². The quantitative estimate of drug-likeness (QED) is 0.300. The summed E-state index contributed by atoms with van der Waals surface area (Å²) in [5.74, 6) is 0. The molecule has 0 aromatic heterocycles. The van der Waals surface area contributed by atoms with E-state index in [0.29, 0.717) is 0 Å². The van der Waals surface area contributed by atoms with Gasteiger partial charge in [-0.05, 0) is 73.5 Å². The van der Waals surface area contributed by atoms with E-state index in [-0.39, 0.29) is 0 Å². The monoisotopic (exact) mass is 473 g/mol. The SMILES string of the molecule is C\C=C/C=C\C=C(/C)N(C1=CC=CC=CC1)c1ccc(-c2ccc(Sc3ccccc3)cc2)cc1. The highest BCUT2D eigenvalue weighted by Crippen LogP contribution is 2.32. The van der Waals surface area contributed by atoms with Crippen molar-refractivity contribution in [1.82, 2.24) is 0 Å². The molecule has 0 radical (unpaired) electrons. The van der Waals surface area contributed by atoms with Gasteiger partial charge in [0.25, 0.3) is 0 Å². The molecule has 3 aromatic rings. The summed E-state index contributed by atoms with van der Waals surface area (Å²) in [7, 11) is 0. The van der Waals surface area contributed by atoms with Gasteiger partial charge in [-0.2, -0.15) is 0 Å². The Morgan fingerprint density at radius 2 is 1.43 bits per heavy atom. The first kappa shape index (κ1) is 24.4. The second-order valence-corrected chi connectivity index (χ2v) is 9.36. The van der Waals surface area contributed by atoms with Crippen LogP contribution < -0.4 is 4.90 Å². The van der Waals surface area contributed by atoms with Gasteiger partial charge in [-0.3, -0.25) is 0 Å². The average molecular weight is 474 g/mol. The Bertz CT molecular complexity index is 1270. The van der Waals surface area contributed by atoms with Crippen LogP contribution >= 0.6 is 11.8 Å². The second-order valence-electron chi connectivity index (χ2n) is 8.22. The zero-order chi connectivity index (χ0) is 24.3. The van der Waals surface area contributed by atoms with Crippen molar-refractivity contribution in [2.75, 3.05) is 4.90 Å². The lowest BCUT2D eigenvalue weighted by Gasteiger charge is -2.28. The molecule has 35 heavy (non-hydrogen) atoms. The molecule has 1 aliphatic carbocycles. The van der Waals surface area contributed by atoms with Crippen molar-refractivity contribution in [2.45, 2.75) is 30.1 Å². The summed E-state index contributed by atoms with van der Waals surface area (Å²) in [6.07, 6.45) is 22.0. The minimum atomic E-state index is 0.888. The van der Waals surface area contributed by atoms with Crippen LogP contribution in [0.5, 0.6) is 0 Å². The van der Waals surface area contributed by atoms with Crippen LogP contribution in [-0.2, 0) is 0 Å². The van der Waals surface area contributed by atoms with Gasteiger partial charge in [-0.1, -0.05) is 103 Å². The van der Waals surface area contributed by atoms with Gasteiger partial charge in [0.15, 0.2) is 0 Å². The minimum Gasteiger partial charge on any atom is -0.318 e. The molecule has 0 spiro atoms. The number of hydrogen-bond donors (Lipinski definition) is 0. The summed E-state index contributed by atoms with van der Waals surface area (Å²) in [6.45, 7) is 4.19. The molecule has 0 N–H and O–H groups in total. The lowest BCUT2D eigenvalue weighted by molar-refractivity contribution is 1.01. The first-order valence-corrected chi connectivity index (χ1v) is 12.8. The molecule has 0 amide bonds. The van der Waals surface area contributed by atoms with E-state index in [2.05, 4.69) is 139 Å². The zero-order valence-electron chi connectivity index (χ0n) is 20.3. The molecule has 4 rings (SSSR count). The molecule has 3 aromatic carbocycles. The molecule has 0 bridgehead atoms. The Balaban J connectivity index is 1.56. The van der Waals surface area contributed by atoms with Crippen molar-refractivity contribution >= 4 is 17.4 Å². The van der Waals surface area contributed by atoms with E-state index >= 15 is 0 Å². The van der Waals surface area contributed by atoms with E-state index in [1.165, 1.54) is 32.3 Å². The Hall–Kier alpha value is -3.75. The summed E-state index contributed by atoms with van der Waals surface area (Å²) in [4.78, 5) is 4.84. The van der Waals surface area contributed by atoms with E-state index < -0.39 is 0 Å². The van der Waals surface area contributed by atoms with Gasteiger partial charge >= 0.3 is 0 Å². The van der Waals surface area contributed by atoms with Gasteiger partial charge in [0, 0.05) is 33.3 Å². The number of rotatable bonds is 8. The molecule has 0 atom stereocenters. The fourth-order valence-corrected chi connectivity index (χ4v) is 4.75. The predicted molar refractivity (Wildman–Crippen MR) is 154 cm³/mol. The van der Waals surface area contributed by atoms with Gasteiger partial charge in [0.1, 0.15) is 0 Å². The summed E-state index contributed by atoms with van der Waals surface area (Å²) in [5, 5.41) is 0. The normalized spacial score (nSPS) is 13.9.